The fourth-order valence-corrected chi connectivity index (χ4v) is 1.99. The number of hydrogen-bond acceptors (Lipinski definition) is 6. The first-order valence-corrected chi connectivity index (χ1v) is 6.09. The first-order chi connectivity index (χ1) is 9.65. The molecule has 0 aliphatic carbocycles. The molecule has 3 rings (SSSR count). The molecule has 2 N–H and O–H groups in total. The van der Waals surface area contributed by atoms with Crippen molar-refractivity contribution in [1.29, 1.82) is 0 Å². The van der Waals surface area contributed by atoms with Crippen molar-refractivity contribution in [2.24, 2.45) is 4.99 Å². The standard InChI is InChI=1S/C13H13N5O2/c1-7-9-4-3-8(20-2)5-10(9)16-13(15-7)18-12-14-6-11(19)17-12/h3-5H,6H2,1-2H3,(H2,14,15,16,17,18,19). The normalized spacial score (nSPS) is 14.1. The SMILES string of the molecule is COc1ccc2c(C)nc(NC3=NCC(=O)N3)nc2c1. The Bertz CT molecular complexity index is 726. The van der Waals surface area contributed by atoms with Crippen molar-refractivity contribution in [3.8, 4) is 5.75 Å². The molecule has 0 bridgehead atoms. The Labute approximate surface area is 115 Å². The number of hydrogen-bond donors (Lipinski definition) is 2. The number of carbonyl (C=O) groups is 1. The van der Waals surface area contributed by atoms with Crippen LogP contribution in [0.15, 0.2) is 23.2 Å². The lowest BCUT2D eigenvalue weighted by molar-refractivity contribution is -0.117. The highest BCUT2D eigenvalue weighted by Gasteiger charge is 2.14. The number of anilines is 1. The molecule has 1 aromatic heterocycles. The third kappa shape index (κ3) is 2.25. The van der Waals surface area contributed by atoms with Crippen LogP contribution in [-0.2, 0) is 4.79 Å². The maximum absolute atomic E-state index is 11.1. The number of ether oxygens (including phenoxy) is 1. The summed E-state index contributed by atoms with van der Waals surface area (Å²) in [7, 11) is 1.61. The minimum absolute atomic E-state index is 0.128. The van der Waals surface area contributed by atoms with Crippen LogP contribution in [0.4, 0.5) is 5.95 Å². The van der Waals surface area contributed by atoms with Crippen molar-refractivity contribution in [3.63, 3.8) is 0 Å². The molecule has 2 heterocycles. The summed E-state index contributed by atoms with van der Waals surface area (Å²) in [6, 6.07) is 5.62. The molecule has 0 saturated heterocycles. The topological polar surface area (TPSA) is 88.5 Å². The van der Waals surface area contributed by atoms with Gasteiger partial charge in [0.2, 0.25) is 17.8 Å². The number of guanidine groups is 1. The molecule has 0 unspecified atom stereocenters. The molecule has 2 aromatic rings. The van der Waals surface area contributed by atoms with Crippen molar-refractivity contribution in [3.05, 3.63) is 23.9 Å². The molecule has 1 aromatic carbocycles. The summed E-state index contributed by atoms with van der Waals surface area (Å²) >= 11 is 0. The number of aliphatic imine (C=N–C) groups is 1. The number of amides is 1. The lowest BCUT2D eigenvalue weighted by atomic mass is 10.2. The second kappa shape index (κ2) is 4.76. The van der Waals surface area contributed by atoms with E-state index in [0.717, 1.165) is 22.3 Å². The van der Waals surface area contributed by atoms with Gasteiger partial charge in [-0.1, -0.05) is 0 Å². The number of benzene rings is 1. The quantitative estimate of drug-likeness (QED) is 0.845. The largest absolute Gasteiger partial charge is 0.497 e. The molecule has 1 aliphatic heterocycles. The molecule has 1 amide bonds. The Balaban J connectivity index is 1.97. The van der Waals surface area contributed by atoms with E-state index in [1.807, 2.05) is 25.1 Å². The van der Waals surface area contributed by atoms with Crippen molar-refractivity contribution in [1.82, 2.24) is 15.3 Å². The number of carbonyl (C=O) groups excluding carboxylic acids is 1. The molecule has 1 aliphatic rings. The highest BCUT2D eigenvalue weighted by Crippen LogP contribution is 2.22. The molecule has 102 valence electrons. The van der Waals surface area contributed by atoms with Crippen LogP contribution in [0.1, 0.15) is 5.69 Å². The Morgan fingerprint density at radius 3 is 2.90 bits per heavy atom. The molecular formula is C13H13N5O2. The van der Waals surface area contributed by atoms with E-state index in [9.17, 15) is 4.79 Å². The molecule has 20 heavy (non-hydrogen) atoms. The van der Waals surface area contributed by atoms with Crippen LogP contribution in [0.25, 0.3) is 10.9 Å². The van der Waals surface area contributed by atoms with E-state index < -0.39 is 0 Å². The minimum Gasteiger partial charge on any atom is -0.497 e. The van der Waals surface area contributed by atoms with Gasteiger partial charge in [0.1, 0.15) is 12.3 Å². The summed E-state index contributed by atoms with van der Waals surface area (Å²) in [4.78, 5) is 23.8. The van der Waals surface area contributed by atoms with Crippen molar-refractivity contribution in [2.45, 2.75) is 6.92 Å². The van der Waals surface area contributed by atoms with E-state index >= 15 is 0 Å². The van der Waals surface area contributed by atoms with Crippen LogP contribution in [-0.4, -0.2) is 35.5 Å². The number of fused-ring (bicyclic) bond motifs is 1. The Hall–Kier alpha value is -2.70. The van der Waals surface area contributed by atoms with Gasteiger partial charge in [-0.05, 0) is 19.1 Å². The zero-order chi connectivity index (χ0) is 14.1. The molecule has 0 saturated carbocycles. The van der Waals surface area contributed by atoms with Gasteiger partial charge in [0.25, 0.3) is 0 Å². The average molecular weight is 271 g/mol. The van der Waals surface area contributed by atoms with E-state index in [2.05, 4.69) is 25.6 Å². The van der Waals surface area contributed by atoms with Crippen LogP contribution >= 0.6 is 0 Å². The molecule has 0 fully saturated rings. The van der Waals surface area contributed by atoms with Crippen LogP contribution < -0.4 is 15.4 Å². The zero-order valence-electron chi connectivity index (χ0n) is 11.1. The van der Waals surface area contributed by atoms with E-state index in [1.54, 1.807) is 7.11 Å². The summed E-state index contributed by atoms with van der Waals surface area (Å²) < 4.78 is 5.19. The lowest BCUT2D eigenvalue weighted by Crippen LogP contribution is -2.31. The minimum atomic E-state index is -0.147. The summed E-state index contributed by atoms with van der Waals surface area (Å²) in [6.07, 6.45) is 0. The average Bonchev–Trinajstić information content (AvgIpc) is 2.83. The third-order valence-corrected chi connectivity index (χ3v) is 2.96. The zero-order valence-corrected chi connectivity index (χ0v) is 11.1. The van der Waals surface area contributed by atoms with E-state index in [0.29, 0.717) is 11.9 Å². The third-order valence-electron chi connectivity index (χ3n) is 2.96. The van der Waals surface area contributed by atoms with Gasteiger partial charge in [-0.25, -0.2) is 15.0 Å². The van der Waals surface area contributed by atoms with Crippen LogP contribution in [0, 0.1) is 6.92 Å². The molecule has 7 nitrogen and oxygen atoms in total. The number of aryl methyl sites for hydroxylation is 1. The van der Waals surface area contributed by atoms with Gasteiger partial charge in [0.15, 0.2) is 0 Å². The number of methoxy groups -OCH3 is 1. The first kappa shape index (κ1) is 12.3. The van der Waals surface area contributed by atoms with Gasteiger partial charge < -0.3 is 4.74 Å². The fourth-order valence-electron chi connectivity index (χ4n) is 1.99. The Kier molecular flexibility index (Phi) is 2.94. The highest BCUT2D eigenvalue weighted by molar-refractivity contribution is 6.08. The van der Waals surface area contributed by atoms with E-state index in [-0.39, 0.29) is 12.5 Å². The summed E-state index contributed by atoms with van der Waals surface area (Å²) in [5, 5.41) is 6.44. The highest BCUT2D eigenvalue weighted by atomic mass is 16.5. The van der Waals surface area contributed by atoms with Gasteiger partial charge in [-0.2, -0.15) is 0 Å². The summed E-state index contributed by atoms with van der Waals surface area (Å²) in [5.74, 6) is 1.35. The lowest BCUT2D eigenvalue weighted by Gasteiger charge is -2.08. The first-order valence-electron chi connectivity index (χ1n) is 6.09. The summed E-state index contributed by atoms with van der Waals surface area (Å²) in [6.45, 7) is 2.03. The van der Waals surface area contributed by atoms with Gasteiger partial charge in [0.05, 0.1) is 18.3 Å². The number of nitrogens with one attached hydrogen (secondary N) is 2. The molecule has 7 heteroatoms. The predicted octanol–water partition coefficient (Wildman–Crippen LogP) is 0.845. The maximum Gasteiger partial charge on any atom is 0.248 e. The smallest absolute Gasteiger partial charge is 0.248 e. The number of rotatable bonds is 2. The monoisotopic (exact) mass is 271 g/mol. The second-order valence-corrected chi connectivity index (χ2v) is 4.35. The van der Waals surface area contributed by atoms with Crippen LogP contribution in [0.2, 0.25) is 0 Å². The van der Waals surface area contributed by atoms with Crippen molar-refractivity contribution in [2.75, 3.05) is 19.0 Å². The molecule has 0 spiro atoms. The molecule has 0 atom stereocenters. The van der Waals surface area contributed by atoms with Crippen molar-refractivity contribution < 1.29 is 9.53 Å². The summed E-state index contributed by atoms with van der Waals surface area (Å²) in [5.41, 5.74) is 1.61. The van der Waals surface area contributed by atoms with Crippen LogP contribution in [0.3, 0.4) is 0 Å². The van der Waals surface area contributed by atoms with Crippen molar-refractivity contribution >= 4 is 28.7 Å². The van der Waals surface area contributed by atoms with Crippen LogP contribution in [0.5, 0.6) is 5.75 Å². The van der Waals surface area contributed by atoms with Gasteiger partial charge in [-0.15, -0.1) is 0 Å². The maximum atomic E-state index is 11.1. The Morgan fingerprint density at radius 2 is 2.20 bits per heavy atom. The number of aromatic nitrogens is 2. The second-order valence-electron chi connectivity index (χ2n) is 4.35. The van der Waals surface area contributed by atoms with E-state index in [4.69, 9.17) is 4.74 Å². The van der Waals surface area contributed by atoms with Gasteiger partial charge in [-0.3, -0.25) is 15.4 Å². The van der Waals surface area contributed by atoms with Gasteiger partial charge in [0, 0.05) is 11.5 Å². The predicted molar refractivity (Wildman–Crippen MR) is 74.9 cm³/mol. The fraction of sp³-hybridized carbons (Fsp3) is 0.231. The Morgan fingerprint density at radius 1 is 1.35 bits per heavy atom. The van der Waals surface area contributed by atoms with E-state index in [1.165, 1.54) is 0 Å². The molecular weight excluding hydrogens is 258 g/mol. The molecule has 0 radical (unpaired) electrons. The van der Waals surface area contributed by atoms with Gasteiger partial charge >= 0.3 is 0 Å². The number of nitrogens with zero attached hydrogens (tertiary/aromatic N) is 3.